The number of benzene rings is 2. The summed E-state index contributed by atoms with van der Waals surface area (Å²) < 4.78 is 56.0. The van der Waals surface area contributed by atoms with Gasteiger partial charge in [0, 0.05) is 63.5 Å². The minimum Gasteiger partial charge on any atom is -0.507 e. The number of methoxy groups -OCH3 is 6. The number of aliphatic hydroxyl groups is 2. The van der Waals surface area contributed by atoms with Gasteiger partial charge in [0.05, 0.1) is 71.4 Å². The zero-order valence-corrected chi connectivity index (χ0v) is 30.2. The maximum Gasteiger partial charge on any atom is 0.188 e. The number of ketones is 4. The fourth-order valence-electron chi connectivity index (χ4n) is 10.5. The minimum absolute atomic E-state index is 0.0229. The maximum atomic E-state index is 15.6. The molecule has 0 aliphatic heterocycles. The van der Waals surface area contributed by atoms with Gasteiger partial charge in [0.15, 0.2) is 36.7 Å². The number of hydrogen-bond acceptors (Lipinski definition) is 16. The molecular weight excluding hydrogens is 712 g/mol. The Labute approximate surface area is 308 Å². The number of hydrogen-bond donors (Lipinski definition) is 2. The van der Waals surface area contributed by atoms with Crippen LogP contribution in [-0.2, 0) is 38.0 Å². The summed E-state index contributed by atoms with van der Waals surface area (Å²) in [6.45, 7) is -1.28. The van der Waals surface area contributed by atoms with Crippen molar-refractivity contribution in [2.24, 2.45) is 34.5 Å². The van der Waals surface area contributed by atoms with E-state index in [0.717, 1.165) is 0 Å². The first-order valence-electron chi connectivity index (χ1n) is 17.0. The summed E-state index contributed by atoms with van der Waals surface area (Å²) in [6, 6.07) is 5.64. The first-order chi connectivity index (χ1) is 26.1. The van der Waals surface area contributed by atoms with Crippen molar-refractivity contribution < 1.29 is 76.8 Å². The first-order valence-corrected chi connectivity index (χ1v) is 17.0. The molecule has 0 unspecified atom stereocenters. The number of aliphatic hydroxyl groups excluding tert-OH is 2. The lowest BCUT2D eigenvalue weighted by Gasteiger charge is -2.54. The fraction of sp³-hybridized carbons (Fsp3) is 0.474. The van der Waals surface area contributed by atoms with Crippen molar-refractivity contribution in [3.63, 3.8) is 0 Å². The van der Waals surface area contributed by atoms with Crippen LogP contribution < -0.4 is 18.9 Å². The molecule has 54 heavy (non-hydrogen) atoms. The topological polar surface area (TPSA) is 201 Å². The summed E-state index contributed by atoms with van der Waals surface area (Å²) >= 11 is 0. The first kappa shape index (κ1) is 36.2. The van der Waals surface area contributed by atoms with E-state index in [1.807, 2.05) is 0 Å². The van der Waals surface area contributed by atoms with Crippen molar-refractivity contribution >= 4 is 34.7 Å². The van der Waals surface area contributed by atoms with Crippen molar-refractivity contribution in [1.82, 2.24) is 0 Å². The predicted octanol–water partition coefficient (Wildman–Crippen LogP) is 2.91. The third-order valence-corrected chi connectivity index (χ3v) is 11.9. The molecule has 4 saturated carbocycles. The van der Waals surface area contributed by atoms with E-state index in [0.29, 0.717) is 0 Å². The highest BCUT2D eigenvalue weighted by Crippen LogP contribution is 2.81. The van der Waals surface area contributed by atoms with Crippen LogP contribution >= 0.6 is 0 Å². The van der Waals surface area contributed by atoms with Gasteiger partial charge in [-0.1, -0.05) is 0 Å². The second kappa shape index (κ2) is 12.9. The molecule has 6 aliphatic rings. The standard InChI is InChI=1S/C38H38O16/c1-45-11-51-19-9-15(49-5)7-17-21(19)29(39)25-31(41)27-33(53-13-47-3)23-24-34(54-14-48-4)28(37(23,25)35(17)43)32(42)26-30(40)22-18(36(44)38(24,26)27)8-16(50-6)10-20(22)52-12-46-2/h7-10,23-24,27-28,33-34,39-40H,11-14H2,1-6H3/t23-,24-,27-,28-,33-,34-,37-,38-/m0/s1. The Balaban J connectivity index is 1.49. The van der Waals surface area contributed by atoms with E-state index >= 15 is 19.2 Å². The molecule has 16 heteroatoms. The van der Waals surface area contributed by atoms with Crippen LogP contribution in [0.5, 0.6) is 23.0 Å². The Morgan fingerprint density at radius 1 is 0.556 bits per heavy atom. The largest absolute Gasteiger partial charge is 0.507 e. The summed E-state index contributed by atoms with van der Waals surface area (Å²) in [6.07, 6.45) is -2.48. The number of allylic oxidation sites excluding steroid dienone is 2. The molecule has 2 aromatic carbocycles. The van der Waals surface area contributed by atoms with Gasteiger partial charge < -0.3 is 57.6 Å². The molecule has 8 atom stereocenters. The van der Waals surface area contributed by atoms with Crippen LogP contribution in [-0.4, -0.2) is 115 Å². The Morgan fingerprint density at radius 3 is 1.26 bits per heavy atom. The molecule has 6 aliphatic carbocycles. The molecule has 4 bridgehead atoms. The van der Waals surface area contributed by atoms with Gasteiger partial charge in [0.2, 0.25) is 0 Å². The fourth-order valence-corrected chi connectivity index (χ4v) is 10.5. The molecule has 0 radical (unpaired) electrons. The summed E-state index contributed by atoms with van der Waals surface area (Å²) in [5.41, 5.74) is -5.49. The van der Waals surface area contributed by atoms with Crippen molar-refractivity contribution in [2.75, 3.05) is 69.8 Å². The van der Waals surface area contributed by atoms with E-state index in [-0.39, 0.29) is 83.6 Å². The Bertz CT molecular complexity index is 1920. The van der Waals surface area contributed by atoms with E-state index < -0.39 is 81.4 Å². The van der Waals surface area contributed by atoms with Crippen LogP contribution in [0.2, 0.25) is 0 Å². The Hall–Kier alpha value is -4.84. The average Bonchev–Trinajstić information content (AvgIpc) is 3.58. The van der Waals surface area contributed by atoms with Gasteiger partial charge in [-0.2, -0.15) is 0 Å². The third kappa shape index (κ3) is 4.17. The van der Waals surface area contributed by atoms with E-state index in [9.17, 15) is 10.2 Å². The molecule has 0 amide bonds. The lowest BCUT2D eigenvalue weighted by Crippen LogP contribution is -2.66. The number of Topliss-reactive ketones (excluding diaryl/α,β-unsaturated/α-hetero) is 4. The molecule has 2 N–H and O–H groups in total. The van der Waals surface area contributed by atoms with Gasteiger partial charge in [-0.25, -0.2) is 0 Å². The van der Waals surface area contributed by atoms with Crippen molar-refractivity contribution in [3.05, 3.63) is 57.7 Å². The number of carbonyl (C=O) groups excluding carboxylic acids is 4. The van der Waals surface area contributed by atoms with Crippen molar-refractivity contribution in [1.29, 1.82) is 0 Å². The van der Waals surface area contributed by atoms with E-state index in [4.69, 9.17) is 47.4 Å². The monoisotopic (exact) mass is 750 g/mol. The SMILES string of the molecule is COCOc1cc(OC)cc2c1C(O)=C1C(=O)[C@H]3[C@@H](OCOC)[C@@H]4[C@H]5[C@H](OCOC)[C@H](C(=O)C6=C(O)c7c(OCOC)cc(OC)cc7C(=O)[C@]653)[C@@]14C2=O. The Kier molecular flexibility index (Phi) is 8.63. The normalized spacial score (nSPS) is 31.1. The summed E-state index contributed by atoms with van der Waals surface area (Å²) in [5, 5.41) is 24.7. The van der Waals surface area contributed by atoms with Crippen molar-refractivity contribution in [2.45, 2.75) is 12.2 Å². The maximum absolute atomic E-state index is 15.6. The zero-order valence-electron chi connectivity index (χ0n) is 30.2. The molecule has 0 heterocycles. The second-order valence-corrected chi connectivity index (χ2v) is 13.9. The summed E-state index contributed by atoms with van der Waals surface area (Å²) in [5.74, 6) is -9.43. The number of carbonyl (C=O) groups is 4. The van der Waals surface area contributed by atoms with E-state index in [2.05, 4.69) is 0 Å². The molecule has 286 valence electrons. The van der Waals surface area contributed by atoms with Gasteiger partial charge in [-0.05, 0) is 12.1 Å². The highest BCUT2D eigenvalue weighted by atomic mass is 16.7. The van der Waals surface area contributed by atoms with Gasteiger partial charge in [0.25, 0.3) is 0 Å². The number of ether oxygens (including phenoxy) is 10. The highest BCUT2D eigenvalue weighted by Gasteiger charge is 2.90. The number of rotatable bonds is 14. The van der Waals surface area contributed by atoms with Crippen molar-refractivity contribution in [3.8, 4) is 23.0 Å². The lowest BCUT2D eigenvalue weighted by molar-refractivity contribution is -0.161. The van der Waals surface area contributed by atoms with Crippen LogP contribution in [0.15, 0.2) is 35.4 Å². The molecule has 0 saturated heterocycles. The second-order valence-electron chi connectivity index (χ2n) is 13.9. The molecular formula is C38H38O16. The van der Waals surface area contributed by atoms with Gasteiger partial charge >= 0.3 is 0 Å². The summed E-state index contributed by atoms with van der Waals surface area (Å²) in [4.78, 5) is 62.2. The third-order valence-electron chi connectivity index (χ3n) is 11.9. The van der Waals surface area contributed by atoms with Crippen LogP contribution in [0.25, 0.3) is 11.5 Å². The molecule has 16 nitrogen and oxygen atoms in total. The van der Waals surface area contributed by atoms with Crippen LogP contribution in [0.1, 0.15) is 31.8 Å². The highest BCUT2D eigenvalue weighted by molar-refractivity contribution is 6.31. The summed E-state index contributed by atoms with van der Waals surface area (Å²) in [7, 11) is 8.27. The van der Waals surface area contributed by atoms with E-state index in [1.165, 1.54) is 66.9 Å². The van der Waals surface area contributed by atoms with Gasteiger partial charge in [0.1, 0.15) is 48.1 Å². The predicted molar refractivity (Wildman–Crippen MR) is 181 cm³/mol. The molecule has 8 rings (SSSR count). The van der Waals surface area contributed by atoms with Crippen LogP contribution in [0, 0.1) is 34.5 Å². The zero-order chi connectivity index (χ0) is 38.4. The van der Waals surface area contributed by atoms with E-state index in [1.54, 1.807) is 0 Å². The van der Waals surface area contributed by atoms with Crippen LogP contribution in [0.3, 0.4) is 0 Å². The quantitative estimate of drug-likeness (QED) is 0.267. The minimum atomic E-state index is -2.16. The number of fused-ring (bicyclic) bond motifs is 4. The molecule has 2 aromatic rings. The molecule has 2 spiro atoms. The Morgan fingerprint density at radius 2 is 0.926 bits per heavy atom. The average molecular weight is 751 g/mol. The van der Waals surface area contributed by atoms with Gasteiger partial charge in [-0.15, -0.1) is 0 Å². The lowest BCUT2D eigenvalue weighted by atomic mass is 9.46. The van der Waals surface area contributed by atoms with Gasteiger partial charge in [-0.3, -0.25) is 19.2 Å². The van der Waals surface area contributed by atoms with Crippen LogP contribution in [0.4, 0.5) is 0 Å². The smallest absolute Gasteiger partial charge is 0.188 e. The molecule has 0 aromatic heterocycles. The molecule has 4 fully saturated rings.